The Hall–Kier alpha value is -1.95. The van der Waals surface area contributed by atoms with Crippen molar-refractivity contribution in [1.82, 2.24) is 4.90 Å². The zero-order chi connectivity index (χ0) is 16.0. The Bertz CT molecular complexity index is 518. The number of amides is 2. The van der Waals surface area contributed by atoms with E-state index in [1.165, 1.54) is 23.1 Å². The van der Waals surface area contributed by atoms with Gasteiger partial charge in [-0.25, -0.2) is 4.39 Å². The second-order valence-corrected chi connectivity index (χ2v) is 5.03. The highest BCUT2D eigenvalue weighted by atomic mass is 19.1. The number of carbonyl (C=O) groups excluding carboxylic acids is 2. The largest absolute Gasteiger partial charge is 0.382 e. The van der Waals surface area contributed by atoms with Gasteiger partial charge in [0.1, 0.15) is 5.82 Å². The van der Waals surface area contributed by atoms with Gasteiger partial charge in [0.25, 0.3) is 5.91 Å². The number of rotatable bonds is 6. The predicted octanol–water partition coefficient (Wildman–Crippen LogP) is 2.28. The topological polar surface area (TPSA) is 58.6 Å². The minimum absolute atomic E-state index is 0.0118. The SMILES string of the molecule is CO[C@H](C)CCC(=O)Nc1cc(C(=O)N(C)C)ccc1F. The highest BCUT2D eigenvalue weighted by Gasteiger charge is 2.13. The molecule has 5 nitrogen and oxygen atoms in total. The lowest BCUT2D eigenvalue weighted by atomic mass is 10.1. The Labute approximate surface area is 124 Å². The number of halogens is 1. The second-order valence-electron chi connectivity index (χ2n) is 5.03. The molecule has 0 radical (unpaired) electrons. The third-order valence-corrected chi connectivity index (χ3v) is 3.07. The summed E-state index contributed by atoms with van der Waals surface area (Å²) in [6, 6.07) is 3.90. The van der Waals surface area contributed by atoms with Crippen molar-refractivity contribution in [3.8, 4) is 0 Å². The number of hydrogen-bond acceptors (Lipinski definition) is 3. The lowest BCUT2D eigenvalue weighted by Crippen LogP contribution is -2.22. The fraction of sp³-hybridized carbons (Fsp3) is 0.467. The van der Waals surface area contributed by atoms with Crippen LogP contribution in [-0.4, -0.2) is 44.0 Å². The first-order valence-electron chi connectivity index (χ1n) is 6.69. The van der Waals surface area contributed by atoms with Crippen molar-refractivity contribution in [2.45, 2.75) is 25.9 Å². The van der Waals surface area contributed by atoms with E-state index in [1.54, 1.807) is 21.2 Å². The molecule has 0 saturated heterocycles. The van der Waals surface area contributed by atoms with Gasteiger partial charge in [-0.2, -0.15) is 0 Å². The molecule has 1 N–H and O–H groups in total. The van der Waals surface area contributed by atoms with E-state index in [0.717, 1.165) is 0 Å². The average Bonchev–Trinajstić information content (AvgIpc) is 2.46. The van der Waals surface area contributed by atoms with Crippen molar-refractivity contribution in [2.24, 2.45) is 0 Å². The van der Waals surface area contributed by atoms with E-state index in [1.807, 2.05) is 6.92 Å². The van der Waals surface area contributed by atoms with Crippen LogP contribution in [0.2, 0.25) is 0 Å². The van der Waals surface area contributed by atoms with Gasteiger partial charge in [-0.05, 0) is 31.5 Å². The molecule has 1 atom stereocenters. The second kappa shape index (κ2) is 7.73. The molecule has 1 rings (SSSR count). The van der Waals surface area contributed by atoms with Gasteiger partial charge in [0.2, 0.25) is 5.91 Å². The van der Waals surface area contributed by atoms with Crippen LogP contribution in [-0.2, 0) is 9.53 Å². The summed E-state index contributed by atoms with van der Waals surface area (Å²) in [5.41, 5.74) is 0.333. The molecule has 21 heavy (non-hydrogen) atoms. The third-order valence-electron chi connectivity index (χ3n) is 3.07. The number of nitrogens with zero attached hydrogens (tertiary/aromatic N) is 1. The first-order chi connectivity index (χ1) is 9.85. The normalized spacial score (nSPS) is 11.9. The quantitative estimate of drug-likeness (QED) is 0.876. The molecule has 2 amide bonds. The van der Waals surface area contributed by atoms with E-state index >= 15 is 0 Å². The lowest BCUT2D eigenvalue weighted by molar-refractivity contribution is -0.116. The molecule has 1 aromatic rings. The van der Waals surface area contributed by atoms with E-state index in [0.29, 0.717) is 12.0 Å². The molecule has 0 aromatic heterocycles. The first-order valence-corrected chi connectivity index (χ1v) is 6.69. The van der Waals surface area contributed by atoms with E-state index in [9.17, 15) is 14.0 Å². The summed E-state index contributed by atoms with van der Waals surface area (Å²) in [6.45, 7) is 1.85. The van der Waals surface area contributed by atoms with Crippen LogP contribution in [0.1, 0.15) is 30.1 Å². The van der Waals surface area contributed by atoms with E-state index in [-0.39, 0.29) is 30.0 Å². The molecule has 0 aliphatic heterocycles. The van der Waals surface area contributed by atoms with Gasteiger partial charge in [-0.3, -0.25) is 9.59 Å². The molecule has 116 valence electrons. The Morgan fingerprint density at radius 1 is 1.38 bits per heavy atom. The number of anilines is 1. The van der Waals surface area contributed by atoms with E-state index < -0.39 is 5.82 Å². The maximum atomic E-state index is 13.7. The van der Waals surface area contributed by atoms with Gasteiger partial charge in [-0.1, -0.05) is 0 Å². The number of benzene rings is 1. The van der Waals surface area contributed by atoms with Crippen molar-refractivity contribution >= 4 is 17.5 Å². The number of ether oxygens (including phenoxy) is 1. The Morgan fingerprint density at radius 2 is 2.05 bits per heavy atom. The fourth-order valence-electron chi connectivity index (χ4n) is 1.68. The van der Waals surface area contributed by atoms with Crippen LogP contribution in [0.15, 0.2) is 18.2 Å². The van der Waals surface area contributed by atoms with Crippen LogP contribution in [0.4, 0.5) is 10.1 Å². The standard InChI is InChI=1S/C15H21FN2O3/c1-10(21-4)5-8-14(19)17-13-9-11(6-7-12(13)16)15(20)18(2)3/h6-7,9-10H,5,8H2,1-4H3,(H,17,19)/t10-/m1/s1. The van der Waals surface area contributed by atoms with Crippen LogP contribution in [0, 0.1) is 5.82 Å². The molecule has 0 heterocycles. The van der Waals surface area contributed by atoms with Gasteiger partial charge < -0.3 is 15.0 Å². The number of nitrogens with one attached hydrogen (secondary N) is 1. The molecule has 0 fully saturated rings. The highest BCUT2D eigenvalue weighted by Crippen LogP contribution is 2.17. The van der Waals surface area contributed by atoms with Crippen LogP contribution >= 0.6 is 0 Å². The van der Waals surface area contributed by atoms with Crippen molar-refractivity contribution < 1.29 is 18.7 Å². The molecule has 0 aliphatic carbocycles. The van der Waals surface area contributed by atoms with E-state index in [4.69, 9.17) is 4.74 Å². The zero-order valence-corrected chi connectivity index (χ0v) is 12.8. The van der Waals surface area contributed by atoms with Crippen molar-refractivity contribution in [1.29, 1.82) is 0 Å². The highest BCUT2D eigenvalue weighted by molar-refractivity contribution is 5.97. The van der Waals surface area contributed by atoms with Crippen molar-refractivity contribution in [3.63, 3.8) is 0 Å². The molecule has 0 bridgehead atoms. The molecular weight excluding hydrogens is 275 g/mol. The van der Waals surface area contributed by atoms with Crippen molar-refractivity contribution in [2.75, 3.05) is 26.5 Å². The third kappa shape index (κ3) is 5.15. The number of carbonyl (C=O) groups is 2. The monoisotopic (exact) mass is 296 g/mol. The molecule has 0 saturated carbocycles. The maximum absolute atomic E-state index is 13.7. The molecular formula is C15H21FN2O3. The molecule has 0 spiro atoms. The Morgan fingerprint density at radius 3 is 2.62 bits per heavy atom. The molecule has 1 aromatic carbocycles. The molecule has 6 heteroatoms. The Balaban J connectivity index is 2.76. The minimum atomic E-state index is -0.571. The lowest BCUT2D eigenvalue weighted by Gasteiger charge is -2.13. The molecule has 0 unspecified atom stereocenters. The number of methoxy groups -OCH3 is 1. The zero-order valence-electron chi connectivity index (χ0n) is 12.8. The summed E-state index contributed by atoms with van der Waals surface area (Å²) in [4.78, 5) is 25.0. The number of hydrogen-bond donors (Lipinski definition) is 1. The van der Waals surface area contributed by atoms with E-state index in [2.05, 4.69) is 5.32 Å². The van der Waals surface area contributed by atoms with Crippen LogP contribution in [0.3, 0.4) is 0 Å². The molecule has 0 aliphatic rings. The summed E-state index contributed by atoms with van der Waals surface area (Å²) in [5, 5.41) is 2.48. The van der Waals surface area contributed by atoms with Crippen LogP contribution in [0.25, 0.3) is 0 Å². The summed E-state index contributed by atoms with van der Waals surface area (Å²) >= 11 is 0. The average molecular weight is 296 g/mol. The summed E-state index contributed by atoms with van der Waals surface area (Å²) < 4.78 is 18.7. The van der Waals surface area contributed by atoms with Gasteiger partial charge in [0.15, 0.2) is 0 Å². The smallest absolute Gasteiger partial charge is 0.253 e. The summed E-state index contributed by atoms with van der Waals surface area (Å²) in [5.74, 6) is -1.13. The summed E-state index contributed by atoms with van der Waals surface area (Å²) in [6.07, 6.45) is 0.725. The van der Waals surface area contributed by atoms with Crippen LogP contribution < -0.4 is 5.32 Å². The van der Waals surface area contributed by atoms with Crippen molar-refractivity contribution in [3.05, 3.63) is 29.6 Å². The minimum Gasteiger partial charge on any atom is -0.382 e. The van der Waals surface area contributed by atoms with Gasteiger partial charge in [0.05, 0.1) is 11.8 Å². The fourth-order valence-corrected chi connectivity index (χ4v) is 1.68. The van der Waals surface area contributed by atoms with Gasteiger partial charge in [0, 0.05) is 33.2 Å². The Kier molecular flexibility index (Phi) is 6.30. The van der Waals surface area contributed by atoms with Gasteiger partial charge >= 0.3 is 0 Å². The summed E-state index contributed by atoms with van der Waals surface area (Å²) in [7, 11) is 4.78. The van der Waals surface area contributed by atoms with Crippen LogP contribution in [0.5, 0.6) is 0 Å². The maximum Gasteiger partial charge on any atom is 0.253 e. The first kappa shape index (κ1) is 17.1. The predicted molar refractivity (Wildman–Crippen MR) is 78.8 cm³/mol. The van der Waals surface area contributed by atoms with Gasteiger partial charge in [-0.15, -0.1) is 0 Å².